The summed E-state index contributed by atoms with van der Waals surface area (Å²) in [5, 5.41) is 0. The van der Waals surface area contributed by atoms with Crippen LogP contribution in [0.3, 0.4) is 0 Å². The van der Waals surface area contributed by atoms with E-state index in [-0.39, 0.29) is 30.3 Å². The number of carbonyl (C=O) groups is 1. The van der Waals surface area contributed by atoms with Gasteiger partial charge in [-0.05, 0) is 19.8 Å². The molecule has 33 heavy (non-hydrogen) atoms. The first-order chi connectivity index (χ1) is 15.8. The van der Waals surface area contributed by atoms with E-state index < -0.39 is 0 Å². The zero-order chi connectivity index (χ0) is 23.5. The first-order valence-electron chi connectivity index (χ1n) is 11.8. The van der Waals surface area contributed by atoms with E-state index in [1.54, 1.807) is 11.8 Å². The summed E-state index contributed by atoms with van der Waals surface area (Å²) in [5.74, 6) is 1.68. The smallest absolute Gasteiger partial charge is 0.409 e. The maximum atomic E-state index is 12.1. The number of hydrogen-bond acceptors (Lipinski definition) is 12. The number of hydrogen-bond donors (Lipinski definition) is 4. The van der Waals surface area contributed by atoms with Crippen LogP contribution in [-0.2, 0) is 4.74 Å². The quantitative estimate of drug-likeness (QED) is 0.381. The van der Waals surface area contributed by atoms with E-state index in [1.807, 2.05) is 9.80 Å². The largest absolute Gasteiger partial charge is 0.450 e. The molecule has 0 spiro atoms. The van der Waals surface area contributed by atoms with Gasteiger partial charge in [0.25, 0.3) is 0 Å². The van der Waals surface area contributed by atoms with Gasteiger partial charge in [0.1, 0.15) is 0 Å². The molecule has 13 nitrogen and oxygen atoms in total. The molecule has 4 atom stereocenters. The Morgan fingerprint density at radius 2 is 1.15 bits per heavy atom. The zero-order valence-corrected chi connectivity index (χ0v) is 19.3. The van der Waals surface area contributed by atoms with Gasteiger partial charge in [0, 0.05) is 76.5 Å². The first-order valence-corrected chi connectivity index (χ1v) is 11.8. The van der Waals surface area contributed by atoms with E-state index in [1.165, 1.54) is 0 Å². The van der Waals surface area contributed by atoms with E-state index in [0.29, 0.717) is 76.8 Å². The van der Waals surface area contributed by atoms with Crippen LogP contribution >= 0.6 is 0 Å². The summed E-state index contributed by atoms with van der Waals surface area (Å²) in [6.45, 7) is 6.96. The highest BCUT2D eigenvalue weighted by molar-refractivity contribution is 5.68. The third-order valence-corrected chi connectivity index (χ3v) is 6.28. The van der Waals surface area contributed by atoms with Crippen LogP contribution in [0.15, 0.2) is 0 Å². The van der Waals surface area contributed by atoms with Crippen LogP contribution in [0.1, 0.15) is 19.8 Å². The van der Waals surface area contributed by atoms with Gasteiger partial charge >= 0.3 is 6.09 Å². The topological polar surface area (TPSA) is 182 Å². The van der Waals surface area contributed by atoms with Crippen molar-refractivity contribution >= 4 is 23.9 Å². The molecule has 0 aliphatic carbocycles. The molecule has 0 radical (unpaired) electrons. The number of nitrogens with two attached hydrogens (primary N) is 4. The van der Waals surface area contributed by atoms with Crippen LogP contribution in [0.25, 0.3) is 0 Å². The monoisotopic (exact) mass is 463 g/mol. The predicted octanol–water partition coefficient (Wildman–Crippen LogP) is -2.12. The molecule has 1 amide bonds. The molecule has 0 bridgehead atoms. The van der Waals surface area contributed by atoms with Crippen molar-refractivity contribution < 1.29 is 9.53 Å². The van der Waals surface area contributed by atoms with Crippen molar-refractivity contribution in [2.75, 3.05) is 73.7 Å². The number of amides is 1. The lowest BCUT2D eigenvalue weighted by Crippen LogP contribution is -2.54. The summed E-state index contributed by atoms with van der Waals surface area (Å²) in [7, 11) is 0. The Balaban J connectivity index is 1.59. The summed E-state index contributed by atoms with van der Waals surface area (Å²) >= 11 is 0. The van der Waals surface area contributed by atoms with Gasteiger partial charge < -0.3 is 47.3 Å². The average Bonchev–Trinajstić information content (AvgIpc) is 2.78. The van der Waals surface area contributed by atoms with Gasteiger partial charge in [-0.3, -0.25) is 0 Å². The van der Waals surface area contributed by atoms with Crippen LogP contribution in [-0.4, -0.2) is 109 Å². The Kier molecular flexibility index (Phi) is 7.32. The summed E-state index contributed by atoms with van der Waals surface area (Å²) in [6, 6.07) is -0.158. The first kappa shape index (κ1) is 23.7. The van der Waals surface area contributed by atoms with Gasteiger partial charge in [-0.25, -0.2) is 4.79 Å². The van der Waals surface area contributed by atoms with Crippen molar-refractivity contribution in [2.24, 2.45) is 22.9 Å². The maximum Gasteiger partial charge on any atom is 0.409 e. The molecule has 1 aromatic rings. The fourth-order valence-electron chi connectivity index (χ4n) is 4.76. The second-order valence-electron chi connectivity index (χ2n) is 9.23. The van der Waals surface area contributed by atoms with Gasteiger partial charge in [0.15, 0.2) is 0 Å². The molecule has 0 aromatic carbocycles. The number of piperidine rings is 2. The number of nitrogens with zero attached hydrogens (tertiary/aromatic N) is 7. The van der Waals surface area contributed by atoms with Gasteiger partial charge in [-0.15, -0.1) is 0 Å². The summed E-state index contributed by atoms with van der Waals surface area (Å²) in [4.78, 5) is 34.3. The molecule has 4 rings (SSSR count). The molecule has 3 aliphatic rings. The van der Waals surface area contributed by atoms with Crippen LogP contribution in [0.2, 0.25) is 0 Å². The Hall–Kier alpha value is -2.48. The van der Waals surface area contributed by atoms with Crippen molar-refractivity contribution in [3.8, 4) is 0 Å². The SMILES string of the molecule is CCOC(=O)N1CCN(c2nc(N3C[C@H](N)C[C@H](N)C3)nc(N3C[C@H](N)C[C@H](N)C3)n2)CC1. The molecular formula is C20H37N11O2. The Morgan fingerprint density at radius 3 is 1.55 bits per heavy atom. The predicted molar refractivity (Wildman–Crippen MR) is 126 cm³/mol. The number of carbonyl (C=O) groups excluding carboxylic acids is 1. The van der Waals surface area contributed by atoms with Crippen LogP contribution in [0.5, 0.6) is 0 Å². The molecule has 184 valence electrons. The van der Waals surface area contributed by atoms with Gasteiger partial charge in [-0.1, -0.05) is 0 Å². The van der Waals surface area contributed by atoms with E-state index in [4.69, 9.17) is 42.6 Å². The molecule has 4 heterocycles. The van der Waals surface area contributed by atoms with E-state index in [2.05, 4.69) is 4.90 Å². The van der Waals surface area contributed by atoms with Crippen LogP contribution in [0, 0.1) is 0 Å². The maximum absolute atomic E-state index is 12.1. The minimum atomic E-state index is -0.290. The lowest BCUT2D eigenvalue weighted by molar-refractivity contribution is 0.105. The molecule has 0 unspecified atom stereocenters. The highest BCUT2D eigenvalue weighted by Gasteiger charge is 2.30. The van der Waals surface area contributed by atoms with E-state index >= 15 is 0 Å². The van der Waals surface area contributed by atoms with Crippen molar-refractivity contribution in [2.45, 2.75) is 43.9 Å². The highest BCUT2D eigenvalue weighted by Crippen LogP contribution is 2.24. The lowest BCUT2D eigenvalue weighted by atomic mass is 10.0. The van der Waals surface area contributed by atoms with E-state index in [9.17, 15) is 4.79 Å². The van der Waals surface area contributed by atoms with Crippen molar-refractivity contribution in [1.82, 2.24) is 19.9 Å². The van der Waals surface area contributed by atoms with Crippen LogP contribution < -0.4 is 37.6 Å². The molecule has 3 saturated heterocycles. The summed E-state index contributed by atoms with van der Waals surface area (Å²) < 4.78 is 5.13. The summed E-state index contributed by atoms with van der Waals surface area (Å²) in [6.07, 6.45) is 1.25. The van der Waals surface area contributed by atoms with Crippen molar-refractivity contribution in [3.63, 3.8) is 0 Å². The van der Waals surface area contributed by atoms with Gasteiger partial charge in [-0.2, -0.15) is 15.0 Å². The number of aromatic nitrogens is 3. The number of piperazine rings is 1. The third kappa shape index (κ3) is 5.72. The standard InChI is InChI=1S/C20H37N11O2/c1-2-33-20(32)29-5-3-28(4-6-29)17-25-18(30-9-13(21)7-14(22)10-30)27-19(26-17)31-11-15(23)8-16(24)12-31/h13-16H,2-12,21-24H2,1H3/t13-,14+,15-,16+. The lowest BCUT2D eigenvalue weighted by Gasteiger charge is -2.38. The molecule has 13 heteroatoms. The second kappa shape index (κ2) is 10.2. The molecule has 3 fully saturated rings. The Labute approximate surface area is 194 Å². The fraction of sp³-hybridized carbons (Fsp3) is 0.800. The Morgan fingerprint density at radius 1 is 0.758 bits per heavy atom. The van der Waals surface area contributed by atoms with Crippen molar-refractivity contribution in [1.29, 1.82) is 0 Å². The minimum absolute atomic E-state index is 0.0395. The minimum Gasteiger partial charge on any atom is -0.450 e. The second-order valence-corrected chi connectivity index (χ2v) is 9.23. The molecular weight excluding hydrogens is 426 g/mol. The molecule has 8 N–H and O–H groups in total. The van der Waals surface area contributed by atoms with Crippen LogP contribution in [0.4, 0.5) is 22.6 Å². The highest BCUT2D eigenvalue weighted by atomic mass is 16.6. The molecule has 1 aromatic heterocycles. The molecule has 3 aliphatic heterocycles. The fourth-order valence-corrected chi connectivity index (χ4v) is 4.76. The number of ether oxygens (including phenoxy) is 1. The third-order valence-electron chi connectivity index (χ3n) is 6.28. The Bertz CT molecular complexity index is 755. The van der Waals surface area contributed by atoms with Gasteiger partial charge in [0.05, 0.1) is 6.61 Å². The number of rotatable bonds is 4. The zero-order valence-electron chi connectivity index (χ0n) is 19.3. The molecule has 0 saturated carbocycles. The van der Waals surface area contributed by atoms with E-state index in [0.717, 1.165) is 12.8 Å². The average molecular weight is 464 g/mol. The van der Waals surface area contributed by atoms with Crippen molar-refractivity contribution in [3.05, 3.63) is 0 Å². The van der Waals surface area contributed by atoms with Gasteiger partial charge in [0.2, 0.25) is 17.8 Å². The summed E-state index contributed by atoms with van der Waals surface area (Å²) in [5.41, 5.74) is 24.9. The number of anilines is 3. The normalized spacial score (nSPS) is 28.8.